The van der Waals surface area contributed by atoms with Gasteiger partial charge in [0, 0.05) is 43.8 Å². The van der Waals surface area contributed by atoms with Gasteiger partial charge in [-0.25, -0.2) is 4.98 Å². The van der Waals surface area contributed by atoms with Gasteiger partial charge in [0.2, 0.25) is 11.8 Å². The lowest BCUT2D eigenvalue weighted by Gasteiger charge is -2.21. The number of aromatic nitrogens is 2. The molecule has 3 rings (SSSR count). The first-order valence-electron chi connectivity index (χ1n) is 9.96. The molecule has 2 N–H and O–H groups in total. The van der Waals surface area contributed by atoms with E-state index in [9.17, 15) is 19.2 Å². The summed E-state index contributed by atoms with van der Waals surface area (Å²) < 4.78 is 1.44. The summed E-state index contributed by atoms with van der Waals surface area (Å²) in [5.74, 6) is -1.18. The number of nitrogens with zero attached hydrogens (tertiary/aromatic N) is 3. The average Bonchev–Trinajstić information content (AvgIpc) is 2.80. The predicted octanol–water partition coefficient (Wildman–Crippen LogP) is 2.10. The Morgan fingerprint density at radius 2 is 1.79 bits per heavy atom. The van der Waals surface area contributed by atoms with Crippen molar-refractivity contribution >= 4 is 35.1 Å². The Balaban J connectivity index is 1.71. The summed E-state index contributed by atoms with van der Waals surface area (Å²) in [7, 11) is 3.07. The molecule has 0 radical (unpaired) electrons. The fraction of sp³-hybridized carbons (Fsp3) is 0.174. The molecule has 0 unspecified atom stereocenters. The normalized spacial score (nSPS) is 11.4. The second kappa shape index (κ2) is 10.6. The summed E-state index contributed by atoms with van der Waals surface area (Å²) in [4.78, 5) is 55.0. The second-order valence-corrected chi connectivity index (χ2v) is 7.76. The third-order valence-corrected chi connectivity index (χ3v) is 4.88. The van der Waals surface area contributed by atoms with E-state index in [1.807, 2.05) is 0 Å². The number of likely N-dealkylation sites (N-methyl/N-ethyl adjacent to an activating group) is 1. The predicted molar refractivity (Wildman–Crippen MR) is 124 cm³/mol. The highest BCUT2D eigenvalue weighted by molar-refractivity contribution is 6.30. The standard InChI is InChI=1S/C23H22ClN5O4/c1-28(2)23(33)18(13-20(30)27-19-11-8-16(24)14-25-19)26-22(32)15-6-9-17(10-7-15)29-12-4-3-5-21(29)31/h3-12,14,18H,13H2,1-2H3,(H,26,32)(H,25,27,30)/t18-/m0/s1. The van der Waals surface area contributed by atoms with Gasteiger partial charge in [0.25, 0.3) is 11.5 Å². The molecule has 170 valence electrons. The highest BCUT2D eigenvalue weighted by atomic mass is 35.5. The van der Waals surface area contributed by atoms with Crippen LogP contribution in [0, 0.1) is 0 Å². The van der Waals surface area contributed by atoms with Crippen LogP contribution < -0.4 is 16.2 Å². The molecule has 2 aromatic heterocycles. The van der Waals surface area contributed by atoms with Gasteiger partial charge in [-0.1, -0.05) is 17.7 Å². The van der Waals surface area contributed by atoms with Crippen LogP contribution in [0.3, 0.4) is 0 Å². The number of benzene rings is 1. The van der Waals surface area contributed by atoms with Crippen molar-refractivity contribution in [3.05, 3.63) is 87.9 Å². The maximum atomic E-state index is 12.8. The van der Waals surface area contributed by atoms with E-state index in [0.717, 1.165) is 0 Å². The van der Waals surface area contributed by atoms with Crippen molar-refractivity contribution in [2.75, 3.05) is 19.4 Å². The zero-order valence-electron chi connectivity index (χ0n) is 18.0. The molecule has 0 fully saturated rings. The third-order valence-electron chi connectivity index (χ3n) is 4.66. The fourth-order valence-corrected chi connectivity index (χ4v) is 3.11. The highest BCUT2D eigenvalue weighted by Gasteiger charge is 2.26. The van der Waals surface area contributed by atoms with E-state index in [4.69, 9.17) is 11.6 Å². The van der Waals surface area contributed by atoms with Crippen LogP contribution in [-0.2, 0) is 9.59 Å². The molecule has 0 saturated heterocycles. The third kappa shape index (κ3) is 6.27. The van der Waals surface area contributed by atoms with Crippen molar-refractivity contribution in [2.45, 2.75) is 12.5 Å². The Morgan fingerprint density at radius 3 is 2.39 bits per heavy atom. The van der Waals surface area contributed by atoms with E-state index < -0.39 is 23.8 Å². The Hall–Kier alpha value is -3.98. The summed E-state index contributed by atoms with van der Waals surface area (Å²) in [5.41, 5.74) is 0.666. The van der Waals surface area contributed by atoms with Crippen LogP contribution in [0.4, 0.5) is 5.82 Å². The van der Waals surface area contributed by atoms with Crippen LogP contribution in [-0.4, -0.2) is 52.3 Å². The van der Waals surface area contributed by atoms with E-state index in [1.54, 1.807) is 48.7 Å². The second-order valence-electron chi connectivity index (χ2n) is 7.33. The Labute approximate surface area is 195 Å². The number of hydrogen-bond acceptors (Lipinski definition) is 5. The fourth-order valence-electron chi connectivity index (χ4n) is 3.00. The Bertz CT molecular complexity index is 1210. The molecule has 33 heavy (non-hydrogen) atoms. The van der Waals surface area contributed by atoms with Crippen LogP contribution in [0.15, 0.2) is 71.8 Å². The smallest absolute Gasteiger partial charge is 0.255 e. The molecule has 9 nitrogen and oxygen atoms in total. The first-order chi connectivity index (χ1) is 15.7. The number of pyridine rings is 2. The number of halogens is 1. The van der Waals surface area contributed by atoms with Crippen molar-refractivity contribution in [1.29, 1.82) is 0 Å². The monoisotopic (exact) mass is 467 g/mol. The van der Waals surface area contributed by atoms with Crippen molar-refractivity contribution in [1.82, 2.24) is 19.8 Å². The zero-order chi connectivity index (χ0) is 24.0. The molecule has 3 aromatic rings. The summed E-state index contributed by atoms with van der Waals surface area (Å²) in [6, 6.07) is 13.1. The molecular formula is C23H22ClN5O4. The van der Waals surface area contributed by atoms with E-state index in [0.29, 0.717) is 10.7 Å². The van der Waals surface area contributed by atoms with Gasteiger partial charge in [-0.15, -0.1) is 0 Å². The first kappa shape index (κ1) is 23.7. The van der Waals surface area contributed by atoms with E-state index in [2.05, 4.69) is 15.6 Å². The van der Waals surface area contributed by atoms with Crippen LogP contribution >= 0.6 is 11.6 Å². The Kier molecular flexibility index (Phi) is 7.57. The van der Waals surface area contributed by atoms with Crippen molar-refractivity contribution in [3.8, 4) is 5.69 Å². The van der Waals surface area contributed by atoms with Gasteiger partial charge >= 0.3 is 0 Å². The minimum absolute atomic E-state index is 0.201. The molecule has 0 aliphatic carbocycles. The molecule has 0 spiro atoms. The maximum Gasteiger partial charge on any atom is 0.255 e. The SMILES string of the molecule is CN(C)C(=O)[C@H](CC(=O)Nc1ccc(Cl)cn1)NC(=O)c1ccc(-n2ccccc2=O)cc1. The van der Waals surface area contributed by atoms with Crippen molar-refractivity contribution < 1.29 is 14.4 Å². The number of amides is 3. The van der Waals surface area contributed by atoms with Gasteiger partial charge in [-0.3, -0.25) is 23.7 Å². The largest absolute Gasteiger partial charge is 0.347 e. The zero-order valence-corrected chi connectivity index (χ0v) is 18.7. The van der Waals surface area contributed by atoms with Gasteiger partial charge < -0.3 is 15.5 Å². The van der Waals surface area contributed by atoms with Crippen LogP contribution in [0.2, 0.25) is 5.02 Å². The molecule has 3 amide bonds. The highest BCUT2D eigenvalue weighted by Crippen LogP contribution is 2.12. The van der Waals surface area contributed by atoms with Crippen LogP contribution in [0.1, 0.15) is 16.8 Å². The molecule has 1 aromatic carbocycles. The summed E-state index contributed by atoms with van der Waals surface area (Å²) in [5, 5.41) is 5.60. The van der Waals surface area contributed by atoms with Gasteiger partial charge in [-0.05, 0) is 42.5 Å². The lowest BCUT2D eigenvalue weighted by Crippen LogP contribution is -2.48. The maximum absolute atomic E-state index is 12.8. The average molecular weight is 468 g/mol. The topological polar surface area (TPSA) is 113 Å². The van der Waals surface area contributed by atoms with Crippen LogP contribution in [0.5, 0.6) is 0 Å². The number of anilines is 1. The molecule has 0 aliphatic heterocycles. The molecule has 0 aliphatic rings. The van der Waals surface area contributed by atoms with Gasteiger partial charge in [0.1, 0.15) is 11.9 Å². The number of nitrogens with one attached hydrogen (secondary N) is 2. The van der Waals surface area contributed by atoms with Gasteiger partial charge in [-0.2, -0.15) is 0 Å². The molecule has 0 saturated carbocycles. The molecule has 0 bridgehead atoms. The molecule has 1 atom stereocenters. The minimum Gasteiger partial charge on any atom is -0.347 e. The number of carbonyl (C=O) groups excluding carboxylic acids is 3. The van der Waals surface area contributed by atoms with Crippen molar-refractivity contribution in [2.24, 2.45) is 0 Å². The molecular weight excluding hydrogens is 446 g/mol. The lowest BCUT2D eigenvalue weighted by molar-refractivity contribution is -0.132. The van der Waals surface area contributed by atoms with Crippen LogP contribution in [0.25, 0.3) is 5.69 Å². The number of rotatable bonds is 7. The lowest BCUT2D eigenvalue weighted by atomic mass is 10.1. The van der Waals surface area contributed by atoms with Gasteiger partial charge in [0.15, 0.2) is 0 Å². The summed E-state index contributed by atoms with van der Waals surface area (Å²) in [6.45, 7) is 0. The molecule has 2 heterocycles. The van der Waals surface area contributed by atoms with Crippen molar-refractivity contribution in [3.63, 3.8) is 0 Å². The number of carbonyl (C=O) groups is 3. The first-order valence-corrected chi connectivity index (χ1v) is 10.3. The minimum atomic E-state index is -1.09. The summed E-state index contributed by atoms with van der Waals surface area (Å²) in [6.07, 6.45) is 2.72. The number of hydrogen-bond donors (Lipinski definition) is 2. The molecule has 10 heteroatoms. The summed E-state index contributed by atoms with van der Waals surface area (Å²) >= 11 is 5.79. The Morgan fingerprint density at radius 1 is 1.06 bits per heavy atom. The van der Waals surface area contributed by atoms with E-state index >= 15 is 0 Å². The van der Waals surface area contributed by atoms with E-state index in [1.165, 1.54) is 41.9 Å². The van der Waals surface area contributed by atoms with Gasteiger partial charge in [0.05, 0.1) is 11.4 Å². The van der Waals surface area contributed by atoms with E-state index in [-0.39, 0.29) is 23.4 Å². The quantitative estimate of drug-likeness (QED) is 0.552.